The van der Waals surface area contributed by atoms with Crippen molar-refractivity contribution in [3.05, 3.63) is 63.2 Å². The van der Waals surface area contributed by atoms with Crippen LogP contribution in [0.25, 0.3) is 10.9 Å². The van der Waals surface area contributed by atoms with Crippen LogP contribution in [0.4, 0.5) is 0 Å². The Morgan fingerprint density at radius 2 is 1.86 bits per heavy atom. The Morgan fingerprint density at radius 1 is 1.10 bits per heavy atom. The molecule has 0 aliphatic carbocycles. The van der Waals surface area contributed by atoms with E-state index in [-0.39, 0.29) is 4.90 Å². The van der Waals surface area contributed by atoms with E-state index in [1.54, 1.807) is 12.1 Å². The van der Waals surface area contributed by atoms with E-state index in [4.69, 9.17) is 18.0 Å². The summed E-state index contributed by atoms with van der Waals surface area (Å²) in [4.78, 5) is 3.70. The quantitative estimate of drug-likeness (QED) is 0.307. The number of aromatic nitrogens is 1. The van der Waals surface area contributed by atoms with E-state index >= 15 is 0 Å². The lowest BCUT2D eigenvalue weighted by Crippen LogP contribution is -2.26. The van der Waals surface area contributed by atoms with Gasteiger partial charge < -0.3 is 4.98 Å². The maximum Gasteiger partial charge on any atom is 0.240 e. The Kier molecular flexibility index (Phi) is 7.42. The number of halogens is 2. The van der Waals surface area contributed by atoms with Crippen LogP contribution in [0.5, 0.6) is 0 Å². The number of terminal acetylenes is 1. The van der Waals surface area contributed by atoms with Gasteiger partial charge in [-0.2, -0.15) is 0 Å². The Balaban J connectivity index is 1.76. The van der Waals surface area contributed by atoms with Crippen LogP contribution < -0.4 is 4.72 Å². The Hall–Kier alpha value is -1.78. The van der Waals surface area contributed by atoms with Gasteiger partial charge in [0.1, 0.15) is 0 Å². The first kappa shape index (κ1) is 21.9. The highest BCUT2D eigenvalue weighted by Crippen LogP contribution is 2.27. The minimum Gasteiger partial charge on any atom is -0.358 e. The summed E-state index contributed by atoms with van der Waals surface area (Å²) in [5.74, 6) is 2.67. The molecule has 7 heteroatoms. The molecule has 0 aliphatic rings. The van der Waals surface area contributed by atoms with Crippen molar-refractivity contribution in [3.8, 4) is 12.3 Å². The molecular weight excluding hydrogens is 472 g/mol. The molecule has 2 aromatic carbocycles. The summed E-state index contributed by atoms with van der Waals surface area (Å²) in [6, 6.07) is 12.2. The number of sulfonamides is 1. The fraction of sp³-hybridized carbons (Fsp3) is 0.273. The summed E-state index contributed by atoms with van der Waals surface area (Å²) < 4.78 is 28.7. The number of hydrogen-bond acceptors (Lipinski definition) is 2. The molecule has 0 atom stereocenters. The fourth-order valence-electron chi connectivity index (χ4n) is 3.31. The maximum absolute atomic E-state index is 12.5. The standard InChI is InChI=1S/C22H22BrClN2O2S/c1-2-3-4-5-6-21-19(20-15-16(23)7-12-22(20)26-21)13-14-25-29(27,28)18-10-8-17(24)9-11-18/h1,7-12,15,25-26H,3-6,13-14H2. The minimum absolute atomic E-state index is 0.207. The summed E-state index contributed by atoms with van der Waals surface area (Å²) in [7, 11) is -3.58. The molecule has 152 valence electrons. The molecule has 0 aliphatic heterocycles. The number of nitrogens with one attached hydrogen (secondary N) is 2. The highest BCUT2D eigenvalue weighted by Gasteiger charge is 2.16. The first-order valence-electron chi connectivity index (χ1n) is 9.38. The van der Waals surface area contributed by atoms with Crippen molar-refractivity contribution in [2.24, 2.45) is 0 Å². The van der Waals surface area contributed by atoms with Crippen molar-refractivity contribution in [2.75, 3.05) is 6.54 Å². The number of rotatable bonds is 9. The first-order valence-corrected chi connectivity index (χ1v) is 12.0. The van der Waals surface area contributed by atoms with E-state index in [9.17, 15) is 8.42 Å². The van der Waals surface area contributed by atoms with Crippen molar-refractivity contribution < 1.29 is 8.42 Å². The van der Waals surface area contributed by atoms with Gasteiger partial charge in [0.25, 0.3) is 0 Å². The largest absolute Gasteiger partial charge is 0.358 e. The molecule has 0 amide bonds. The highest BCUT2D eigenvalue weighted by molar-refractivity contribution is 9.10. The molecule has 3 rings (SSSR count). The lowest BCUT2D eigenvalue weighted by atomic mass is 10.0. The fourth-order valence-corrected chi connectivity index (χ4v) is 4.83. The Bertz CT molecular complexity index is 1130. The van der Waals surface area contributed by atoms with Gasteiger partial charge in [-0.15, -0.1) is 12.3 Å². The molecule has 1 heterocycles. The van der Waals surface area contributed by atoms with Gasteiger partial charge in [0.05, 0.1) is 4.90 Å². The minimum atomic E-state index is -3.58. The topological polar surface area (TPSA) is 62.0 Å². The number of hydrogen-bond donors (Lipinski definition) is 2. The second-order valence-electron chi connectivity index (χ2n) is 6.78. The zero-order valence-electron chi connectivity index (χ0n) is 15.8. The summed E-state index contributed by atoms with van der Waals surface area (Å²) in [5.41, 5.74) is 3.33. The smallest absolute Gasteiger partial charge is 0.240 e. The van der Waals surface area contributed by atoms with E-state index < -0.39 is 10.0 Å². The normalized spacial score (nSPS) is 11.6. The van der Waals surface area contributed by atoms with E-state index in [1.165, 1.54) is 12.1 Å². The van der Waals surface area contributed by atoms with Crippen LogP contribution in [-0.2, 0) is 22.9 Å². The van der Waals surface area contributed by atoms with Gasteiger partial charge in [0.2, 0.25) is 10.0 Å². The van der Waals surface area contributed by atoms with Crippen LogP contribution in [0.15, 0.2) is 51.8 Å². The molecule has 1 aromatic heterocycles. The molecule has 4 nitrogen and oxygen atoms in total. The predicted octanol–water partition coefficient (Wildman–Crippen LogP) is 5.45. The molecule has 2 N–H and O–H groups in total. The summed E-state index contributed by atoms with van der Waals surface area (Å²) >= 11 is 9.37. The maximum atomic E-state index is 12.5. The van der Waals surface area contributed by atoms with Crippen molar-refractivity contribution >= 4 is 48.5 Å². The lowest BCUT2D eigenvalue weighted by Gasteiger charge is -2.08. The van der Waals surface area contributed by atoms with Crippen molar-refractivity contribution in [1.29, 1.82) is 0 Å². The third-order valence-corrected chi connectivity index (χ3v) is 6.97. The molecule has 0 saturated heterocycles. The second-order valence-corrected chi connectivity index (χ2v) is 9.90. The first-order chi connectivity index (χ1) is 13.9. The Labute approximate surface area is 185 Å². The Morgan fingerprint density at radius 3 is 2.59 bits per heavy atom. The summed E-state index contributed by atoms with van der Waals surface area (Å²) in [6.07, 6.45) is 9.54. The molecule has 0 bridgehead atoms. The monoisotopic (exact) mass is 492 g/mol. The van der Waals surface area contributed by atoms with E-state index in [1.807, 2.05) is 12.1 Å². The number of unbranched alkanes of at least 4 members (excludes halogenated alkanes) is 2. The van der Waals surface area contributed by atoms with Gasteiger partial charge in [-0.3, -0.25) is 0 Å². The van der Waals surface area contributed by atoms with E-state index in [0.29, 0.717) is 18.0 Å². The zero-order chi connectivity index (χ0) is 20.9. The van der Waals surface area contributed by atoms with Crippen LogP contribution in [0.2, 0.25) is 5.02 Å². The van der Waals surface area contributed by atoms with Gasteiger partial charge in [-0.05, 0) is 73.7 Å². The van der Waals surface area contributed by atoms with Crippen molar-refractivity contribution in [1.82, 2.24) is 9.71 Å². The van der Waals surface area contributed by atoms with Crippen molar-refractivity contribution in [3.63, 3.8) is 0 Å². The van der Waals surface area contributed by atoms with Gasteiger partial charge in [0, 0.05) is 39.1 Å². The zero-order valence-corrected chi connectivity index (χ0v) is 19.0. The van der Waals surface area contributed by atoms with Crippen LogP contribution >= 0.6 is 27.5 Å². The summed E-state index contributed by atoms with van der Waals surface area (Å²) in [5, 5.41) is 1.61. The van der Waals surface area contributed by atoms with Crippen LogP contribution in [0.1, 0.15) is 30.5 Å². The van der Waals surface area contributed by atoms with Gasteiger partial charge in [-0.1, -0.05) is 27.5 Å². The van der Waals surface area contributed by atoms with Crippen LogP contribution in [0, 0.1) is 12.3 Å². The highest BCUT2D eigenvalue weighted by atomic mass is 79.9. The van der Waals surface area contributed by atoms with E-state index in [0.717, 1.165) is 52.3 Å². The average molecular weight is 494 g/mol. The molecule has 29 heavy (non-hydrogen) atoms. The molecule has 0 unspecified atom stereocenters. The molecule has 0 fully saturated rings. The number of H-pyrrole nitrogens is 1. The number of aryl methyl sites for hydroxylation is 1. The van der Waals surface area contributed by atoms with Crippen molar-refractivity contribution in [2.45, 2.75) is 37.0 Å². The second kappa shape index (κ2) is 9.82. The predicted molar refractivity (Wildman–Crippen MR) is 123 cm³/mol. The lowest BCUT2D eigenvalue weighted by molar-refractivity contribution is 0.581. The van der Waals surface area contributed by atoms with Gasteiger partial charge in [0.15, 0.2) is 0 Å². The molecule has 0 radical (unpaired) electrons. The van der Waals surface area contributed by atoms with Crippen LogP contribution in [0.3, 0.4) is 0 Å². The molecule has 0 saturated carbocycles. The SMILES string of the molecule is C#CCCCCc1[nH]c2ccc(Br)cc2c1CCNS(=O)(=O)c1ccc(Cl)cc1. The molecule has 0 spiro atoms. The average Bonchev–Trinajstić information content (AvgIpc) is 3.02. The third kappa shape index (κ3) is 5.64. The number of benzene rings is 2. The van der Waals surface area contributed by atoms with Gasteiger partial charge in [-0.25, -0.2) is 13.1 Å². The molecule has 3 aromatic rings. The van der Waals surface area contributed by atoms with Crippen LogP contribution in [-0.4, -0.2) is 19.9 Å². The van der Waals surface area contributed by atoms with Gasteiger partial charge >= 0.3 is 0 Å². The summed E-state index contributed by atoms with van der Waals surface area (Å²) in [6.45, 7) is 0.307. The number of aromatic amines is 1. The number of fused-ring (bicyclic) bond motifs is 1. The molecular formula is C22H22BrClN2O2S. The third-order valence-electron chi connectivity index (χ3n) is 4.75. The van der Waals surface area contributed by atoms with E-state index in [2.05, 4.69) is 37.6 Å².